The van der Waals surface area contributed by atoms with Crippen molar-refractivity contribution in [3.05, 3.63) is 59.4 Å². The largest absolute Gasteiger partial charge is 0.388 e. The van der Waals surface area contributed by atoms with E-state index in [-0.39, 0.29) is 11.8 Å². The lowest BCUT2D eigenvalue weighted by molar-refractivity contribution is 0.0456. The van der Waals surface area contributed by atoms with E-state index in [1.807, 2.05) is 35.2 Å². The number of amides is 1. The summed E-state index contributed by atoms with van der Waals surface area (Å²) in [6, 6.07) is 13.4. The first kappa shape index (κ1) is 16.3. The van der Waals surface area contributed by atoms with Gasteiger partial charge in [0.2, 0.25) is 0 Å². The first-order valence-corrected chi connectivity index (χ1v) is 8.19. The van der Waals surface area contributed by atoms with E-state index in [0.29, 0.717) is 24.3 Å². The average Bonchev–Trinajstić information content (AvgIpc) is 3.02. The molecular formula is C19H21N3O2. The SMILES string of the molecule is Cn1cc(C#N)cc1C(=O)N1CCC(C(O)c2ccccc2)CC1. The van der Waals surface area contributed by atoms with Crippen molar-refractivity contribution in [2.24, 2.45) is 13.0 Å². The van der Waals surface area contributed by atoms with Crippen LogP contribution in [0.1, 0.15) is 40.6 Å². The lowest BCUT2D eigenvalue weighted by Gasteiger charge is -2.34. The molecule has 1 amide bonds. The molecule has 0 aliphatic carbocycles. The Balaban J connectivity index is 1.63. The molecule has 1 fully saturated rings. The Hall–Kier alpha value is -2.58. The Morgan fingerprint density at radius 1 is 1.29 bits per heavy atom. The molecule has 1 unspecified atom stereocenters. The van der Waals surface area contributed by atoms with Crippen LogP contribution in [0, 0.1) is 17.2 Å². The van der Waals surface area contributed by atoms with Gasteiger partial charge in [-0.25, -0.2) is 0 Å². The van der Waals surface area contributed by atoms with Crippen molar-refractivity contribution in [2.75, 3.05) is 13.1 Å². The minimum atomic E-state index is -0.483. The number of rotatable bonds is 3. The fraction of sp³-hybridized carbons (Fsp3) is 0.368. The van der Waals surface area contributed by atoms with Gasteiger partial charge in [0.05, 0.1) is 11.7 Å². The molecule has 1 saturated heterocycles. The summed E-state index contributed by atoms with van der Waals surface area (Å²) >= 11 is 0. The van der Waals surface area contributed by atoms with Crippen LogP contribution in [-0.4, -0.2) is 33.6 Å². The molecule has 0 spiro atoms. The van der Waals surface area contributed by atoms with Gasteiger partial charge in [0.1, 0.15) is 11.8 Å². The monoisotopic (exact) mass is 323 g/mol. The van der Waals surface area contributed by atoms with Crippen LogP contribution in [0.15, 0.2) is 42.6 Å². The van der Waals surface area contributed by atoms with Gasteiger partial charge in [0, 0.05) is 26.3 Å². The number of nitriles is 1. The van der Waals surface area contributed by atoms with Crippen LogP contribution in [0.3, 0.4) is 0 Å². The number of hydrogen-bond donors (Lipinski definition) is 1. The van der Waals surface area contributed by atoms with Crippen molar-refractivity contribution in [3.63, 3.8) is 0 Å². The number of aliphatic hydroxyl groups is 1. The van der Waals surface area contributed by atoms with E-state index < -0.39 is 6.10 Å². The molecule has 124 valence electrons. The van der Waals surface area contributed by atoms with Crippen LogP contribution in [0.4, 0.5) is 0 Å². The molecular weight excluding hydrogens is 302 g/mol. The van der Waals surface area contributed by atoms with E-state index in [0.717, 1.165) is 18.4 Å². The number of likely N-dealkylation sites (tertiary alicyclic amines) is 1. The third-order valence-electron chi connectivity index (χ3n) is 4.77. The molecule has 1 N–H and O–H groups in total. The molecule has 1 aliphatic heterocycles. The lowest BCUT2D eigenvalue weighted by Crippen LogP contribution is -2.40. The van der Waals surface area contributed by atoms with Crippen molar-refractivity contribution in [3.8, 4) is 6.07 Å². The predicted molar refractivity (Wildman–Crippen MR) is 90.2 cm³/mol. The van der Waals surface area contributed by atoms with Gasteiger partial charge in [-0.3, -0.25) is 4.79 Å². The second kappa shape index (κ2) is 6.90. The average molecular weight is 323 g/mol. The first-order valence-electron chi connectivity index (χ1n) is 8.19. The molecule has 2 heterocycles. The van der Waals surface area contributed by atoms with Gasteiger partial charge in [-0.05, 0) is 30.4 Å². The maximum atomic E-state index is 12.6. The molecule has 2 aromatic rings. The number of carbonyl (C=O) groups is 1. The number of aryl methyl sites for hydroxylation is 1. The van der Waals surface area contributed by atoms with E-state index >= 15 is 0 Å². The van der Waals surface area contributed by atoms with Gasteiger partial charge in [-0.2, -0.15) is 5.26 Å². The highest BCUT2D eigenvalue weighted by Gasteiger charge is 2.29. The predicted octanol–water partition coefficient (Wildman–Crippen LogP) is 2.48. The number of hydrogen-bond acceptors (Lipinski definition) is 3. The Morgan fingerprint density at radius 2 is 1.96 bits per heavy atom. The summed E-state index contributed by atoms with van der Waals surface area (Å²) in [6.07, 6.45) is 2.73. The summed E-state index contributed by atoms with van der Waals surface area (Å²) < 4.78 is 1.70. The van der Waals surface area contributed by atoms with Gasteiger partial charge >= 0.3 is 0 Å². The maximum absolute atomic E-state index is 12.6. The lowest BCUT2D eigenvalue weighted by atomic mass is 9.87. The fourth-order valence-electron chi connectivity index (χ4n) is 3.34. The molecule has 1 aromatic heterocycles. The zero-order valence-electron chi connectivity index (χ0n) is 13.7. The Kier molecular flexibility index (Phi) is 4.68. The highest BCUT2D eigenvalue weighted by Crippen LogP contribution is 2.31. The van der Waals surface area contributed by atoms with Gasteiger partial charge < -0.3 is 14.6 Å². The Morgan fingerprint density at radius 3 is 2.54 bits per heavy atom. The molecule has 1 atom stereocenters. The van der Waals surface area contributed by atoms with Crippen molar-refractivity contribution in [1.29, 1.82) is 5.26 Å². The number of aromatic nitrogens is 1. The van der Waals surface area contributed by atoms with E-state index in [4.69, 9.17) is 5.26 Å². The van der Waals surface area contributed by atoms with Crippen molar-refractivity contribution in [2.45, 2.75) is 18.9 Å². The van der Waals surface area contributed by atoms with Crippen molar-refractivity contribution < 1.29 is 9.90 Å². The summed E-state index contributed by atoms with van der Waals surface area (Å²) in [4.78, 5) is 14.4. The highest BCUT2D eigenvalue weighted by atomic mass is 16.3. The number of aliphatic hydroxyl groups excluding tert-OH is 1. The topological polar surface area (TPSA) is 69.3 Å². The standard InChI is InChI=1S/C19H21N3O2/c1-21-13-14(12-20)11-17(21)19(24)22-9-7-16(8-10-22)18(23)15-5-3-2-4-6-15/h2-6,11,13,16,18,23H,7-10H2,1H3. The summed E-state index contributed by atoms with van der Waals surface area (Å²) in [5, 5.41) is 19.5. The normalized spacial score (nSPS) is 16.6. The van der Waals surface area contributed by atoms with Crippen molar-refractivity contribution >= 4 is 5.91 Å². The Labute approximate surface area is 141 Å². The molecule has 0 radical (unpaired) electrons. The van der Waals surface area contributed by atoms with Gasteiger partial charge in [0.25, 0.3) is 5.91 Å². The second-order valence-corrected chi connectivity index (χ2v) is 6.32. The fourth-order valence-corrected chi connectivity index (χ4v) is 3.34. The van der Waals surface area contributed by atoms with Gasteiger partial charge in [-0.1, -0.05) is 30.3 Å². The molecule has 5 nitrogen and oxygen atoms in total. The molecule has 24 heavy (non-hydrogen) atoms. The van der Waals surface area contributed by atoms with Gasteiger partial charge in [-0.15, -0.1) is 0 Å². The first-order chi connectivity index (χ1) is 11.6. The molecule has 3 rings (SSSR count). The number of piperidine rings is 1. The molecule has 0 bridgehead atoms. The zero-order valence-corrected chi connectivity index (χ0v) is 13.7. The summed E-state index contributed by atoms with van der Waals surface area (Å²) in [5.74, 6) is 0.117. The third-order valence-corrected chi connectivity index (χ3v) is 4.77. The number of nitrogens with zero attached hydrogens (tertiary/aromatic N) is 3. The zero-order chi connectivity index (χ0) is 17.1. The highest BCUT2D eigenvalue weighted by molar-refractivity contribution is 5.93. The Bertz CT molecular complexity index is 753. The van der Waals surface area contributed by atoms with Crippen LogP contribution in [0.5, 0.6) is 0 Å². The molecule has 1 aromatic carbocycles. The van der Waals surface area contributed by atoms with Gasteiger partial charge in [0.15, 0.2) is 0 Å². The molecule has 0 saturated carbocycles. The maximum Gasteiger partial charge on any atom is 0.270 e. The van der Waals surface area contributed by atoms with Crippen LogP contribution >= 0.6 is 0 Å². The van der Waals surface area contributed by atoms with Crippen molar-refractivity contribution in [1.82, 2.24) is 9.47 Å². The quantitative estimate of drug-likeness (QED) is 0.943. The van der Waals surface area contributed by atoms with Crippen LogP contribution in [-0.2, 0) is 7.05 Å². The second-order valence-electron chi connectivity index (χ2n) is 6.32. The number of carbonyl (C=O) groups excluding carboxylic acids is 1. The van der Waals surface area contributed by atoms with Crippen LogP contribution in [0.25, 0.3) is 0 Å². The van der Waals surface area contributed by atoms with Crippen LogP contribution < -0.4 is 0 Å². The molecule has 5 heteroatoms. The van der Waals surface area contributed by atoms with Crippen LogP contribution in [0.2, 0.25) is 0 Å². The number of benzene rings is 1. The van der Waals surface area contributed by atoms with E-state index in [2.05, 4.69) is 6.07 Å². The molecule has 1 aliphatic rings. The minimum Gasteiger partial charge on any atom is -0.388 e. The minimum absolute atomic E-state index is 0.0494. The summed E-state index contributed by atoms with van der Waals surface area (Å²) in [7, 11) is 1.78. The summed E-state index contributed by atoms with van der Waals surface area (Å²) in [5.41, 5.74) is 1.97. The van der Waals surface area contributed by atoms with E-state index in [1.165, 1.54) is 0 Å². The van der Waals surface area contributed by atoms with E-state index in [1.54, 1.807) is 23.9 Å². The summed E-state index contributed by atoms with van der Waals surface area (Å²) in [6.45, 7) is 1.25. The van der Waals surface area contributed by atoms with E-state index in [9.17, 15) is 9.90 Å². The third kappa shape index (κ3) is 3.19. The smallest absolute Gasteiger partial charge is 0.270 e.